The molecule has 0 fully saturated rings. The van der Waals surface area contributed by atoms with Gasteiger partial charge in [-0.1, -0.05) is 17.8 Å². The maximum atomic E-state index is 12.4. The topological polar surface area (TPSA) is 127 Å². The quantitative estimate of drug-likeness (QED) is 0.379. The number of non-ortho nitro benzene ring substituents is 1. The average Bonchev–Trinajstić information content (AvgIpc) is 3.12. The number of nitrogens with zero attached hydrogens (tertiary/aromatic N) is 4. The van der Waals surface area contributed by atoms with E-state index in [1.807, 2.05) is 6.07 Å². The van der Waals surface area contributed by atoms with Gasteiger partial charge in [0, 0.05) is 30.1 Å². The van der Waals surface area contributed by atoms with E-state index in [0.717, 1.165) is 11.1 Å². The zero-order chi connectivity index (χ0) is 19.4. The number of carbonyl (C=O) groups excluding carboxylic acids is 1. The number of H-pyrrole nitrogens is 1. The summed E-state index contributed by atoms with van der Waals surface area (Å²) in [6.07, 6.45) is 3.33. The minimum atomic E-state index is -0.499. The lowest BCUT2D eigenvalue weighted by Gasteiger charge is -2.12. The van der Waals surface area contributed by atoms with Crippen molar-refractivity contribution in [1.82, 2.24) is 20.2 Å². The van der Waals surface area contributed by atoms with Crippen molar-refractivity contribution in [3.63, 3.8) is 0 Å². The van der Waals surface area contributed by atoms with Crippen LogP contribution in [0.2, 0.25) is 0 Å². The van der Waals surface area contributed by atoms with Crippen molar-refractivity contribution in [1.29, 1.82) is 0 Å². The number of aryl methyl sites for hydroxylation is 1. The number of nitro benzene ring substituents is 1. The molecule has 3 rings (SSSR count). The summed E-state index contributed by atoms with van der Waals surface area (Å²) in [6.45, 7) is 3.49. The van der Waals surface area contributed by atoms with Gasteiger partial charge < -0.3 is 5.32 Å². The van der Waals surface area contributed by atoms with Crippen LogP contribution in [-0.4, -0.2) is 36.2 Å². The van der Waals surface area contributed by atoms with Crippen molar-refractivity contribution < 1.29 is 9.72 Å². The maximum absolute atomic E-state index is 12.4. The van der Waals surface area contributed by atoms with Crippen molar-refractivity contribution in [2.75, 3.05) is 5.32 Å². The van der Waals surface area contributed by atoms with E-state index >= 15 is 0 Å². The Morgan fingerprint density at radius 1 is 1.37 bits per heavy atom. The van der Waals surface area contributed by atoms with Gasteiger partial charge in [-0.05, 0) is 31.5 Å². The summed E-state index contributed by atoms with van der Waals surface area (Å²) in [5, 5.41) is 20.5. The van der Waals surface area contributed by atoms with Crippen molar-refractivity contribution in [3.05, 3.63) is 58.4 Å². The third-order valence-corrected chi connectivity index (χ3v) is 4.70. The Hall–Kier alpha value is -3.27. The molecule has 3 aromatic rings. The van der Waals surface area contributed by atoms with Gasteiger partial charge in [0.2, 0.25) is 11.1 Å². The number of aromatic nitrogens is 4. The molecule has 0 unspecified atom stereocenters. The molecule has 0 bridgehead atoms. The Morgan fingerprint density at radius 3 is 2.89 bits per heavy atom. The Balaban J connectivity index is 1.67. The summed E-state index contributed by atoms with van der Waals surface area (Å²) in [7, 11) is 0. The van der Waals surface area contributed by atoms with E-state index in [9.17, 15) is 14.9 Å². The molecule has 2 aromatic heterocycles. The van der Waals surface area contributed by atoms with Crippen LogP contribution in [0.1, 0.15) is 12.5 Å². The predicted molar refractivity (Wildman–Crippen MR) is 101 cm³/mol. The first-order chi connectivity index (χ1) is 12.9. The van der Waals surface area contributed by atoms with Crippen LogP contribution in [0.3, 0.4) is 0 Å². The lowest BCUT2D eigenvalue weighted by Crippen LogP contribution is -2.23. The molecule has 1 amide bonds. The van der Waals surface area contributed by atoms with E-state index in [4.69, 9.17) is 0 Å². The predicted octanol–water partition coefficient (Wildman–Crippen LogP) is 3.20. The highest BCUT2D eigenvalue weighted by Crippen LogP contribution is 2.25. The molecular formula is C17H16N6O3S. The molecule has 0 spiro atoms. The highest BCUT2D eigenvalue weighted by molar-refractivity contribution is 8.00. The van der Waals surface area contributed by atoms with E-state index < -0.39 is 10.2 Å². The number of benzene rings is 1. The summed E-state index contributed by atoms with van der Waals surface area (Å²) in [5.74, 6) is 0.268. The third kappa shape index (κ3) is 4.47. The minimum Gasteiger partial charge on any atom is -0.325 e. The van der Waals surface area contributed by atoms with Crippen LogP contribution in [0.5, 0.6) is 0 Å². The largest absolute Gasteiger partial charge is 0.325 e. The Kier molecular flexibility index (Phi) is 5.46. The first-order valence-corrected chi connectivity index (χ1v) is 8.87. The fraction of sp³-hybridized carbons (Fsp3) is 0.176. The second-order valence-electron chi connectivity index (χ2n) is 5.71. The fourth-order valence-electron chi connectivity index (χ4n) is 2.24. The van der Waals surface area contributed by atoms with Crippen LogP contribution >= 0.6 is 11.8 Å². The fourth-order valence-corrected chi connectivity index (χ4v) is 2.96. The second kappa shape index (κ2) is 7.96. The van der Waals surface area contributed by atoms with Gasteiger partial charge in [-0.15, -0.1) is 5.10 Å². The number of aromatic amines is 1. The molecule has 10 heteroatoms. The molecule has 0 aliphatic carbocycles. The summed E-state index contributed by atoms with van der Waals surface area (Å²) >= 11 is 1.18. The molecule has 0 saturated carbocycles. The highest BCUT2D eigenvalue weighted by atomic mass is 32.2. The molecular weight excluding hydrogens is 368 g/mol. The number of nitro groups is 1. The molecule has 9 nitrogen and oxygen atoms in total. The van der Waals surface area contributed by atoms with E-state index in [1.54, 1.807) is 38.4 Å². The number of hydrogen-bond acceptors (Lipinski definition) is 7. The smallest absolute Gasteiger partial charge is 0.271 e. The number of anilines is 1. The molecule has 2 N–H and O–H groups in total. The molecule has 0 radical (unpaired) electrons. The molecule has 0 aliphatic heterocycles. The van der Waals surface area contributed by atoms with Crippen molar-refractivity contribution >= 4 is 29.0 Å². The standard InChI is InChI=1S/C17H16N6O3S/c1-10-5-6-13(23(25)26)8-14(10)19-16(24)11(2)27-17-20-15(21-22-17)12-4-3-7-18-9-12/h3-9,11H,1-2H3,(H,19,24)(H,20,21,22)/t11-/m0/s1. The molecule has 1 atom stereocenters. The van der Waals surface area contributed by atoms with Crippen molar-refractivity contribution in [3.8, 4) is 11.4 Å². The number of amides is 1. The van der Waals surface area contributed by atoms with Crippen molar-refractivity contribution in [2.24, 2.45) is 0 Å². The van der Waals surface area contributed by atoms with Crippen LogP contribution in [-0.2, 0) is 4.79 Å². The molecule has 0 aliphatic rings. The number of nitrogens with one attached hydrogen (secondary N) is 2. The van der Waals surface area contributed by atoms with E-state index in [1.165, 1.54) is 23.9 Å². The van der Waals surface area contributed by atoms with Gasteiger partial charge in [-0.2, -0.15) is 0 Å². The van der Waals surface area contributed by atoms with Crippen LogP contribution in [0.4, 0.5) is 11.4 Å². The van der Waals surface area contributed by atoms with Crippen LogP contribution in [0, 0.1) is 17.0 Å². The maximum Gasteiger partial charge on any atom is 0.271 e. The highest BCUT2D eigenvalue weighted by Gasteiger charge is 2.19. The molecule has 0 saturated heterocycles. The first kappa shape index (κ1) is 18.5. The van der Waals surface area contributed by atoms with Gasteiger partial charge in [0.15, 0.2) is 5.82 Å². The van der Waals surface area contributed by atoms with Crippen LogP contribution in [0.25, 0.3) is 11.4 Å². The van der Waals surface area contributed by atoms with Crippen LogP contribution in [0.15, 0.2) is 47.9 Å². The number of pyridine rings is 1. The summed E-state index contributed by atoms with van der Waals surface area (Å²) in [6, 6.07) is 7.99. The molecule has 1 aromatic carbocycles. The van der Waals surface area contributed by atoms with Gasteiger partial charge in [0.25, 0.3) is 5.69 Å². The van der Waals surface area contributed by atoms with Gasteiger partial charge in [-0.25, -0.2) is 4.98 Å². The Morgan fingerprint density at radius 2 is 2.19 bits per heavy atom. The zero-order valence-corrected chi connectivity index (χ0v) is 15.4. The number of hydrogen-bond donors (Lipinski definition) is 2. The van der Waals surface area contributed by atoms with Gasteiger partial charge in [0.05, 0.1) is 15.9 Å². The first-order valence-electron chi connectivity index (χ1n) is 7.99. The number of thioether (sulfide) groups is 1. The van der Waals surface area contributed by atoms with E-state index in [0.29, 0.717) is 16.7 Å². The summed E-state index contributed by atoms with van der Waals surface area (Å²) < 4.78 is 0. The lowest BCUT2D eigenvalue weighted by molar-refractivity contribution is -0.384. The summed E-state index contributed by atoms with van der Waals surface area (Å²) in [5.41, 5.74) is 1.86. The SMILES string of the molecule is Cc1ccc([N+](=O)[O-])cc1NC(=O)[C@H](C)Sc1n[nH]c(-c2cccnc2)n1. The summed E-state index contributed by atoms with van der Waals surface area (Å²) in [4.78, 5) is 31.2. The molecule has 138 valence electrons. The Bertz CT molecular complexity index is 976. The number of carbonyl (C=O) groups is 1. The monoisotopic (exact) mass is 384 g/mol. The van der Waals surface area contributed by atoms with Crippen LogP contribution < -0.4 is 5.32 Å². The average molecular weight is 384 g/mol. The normalized spacial score (nSPS) is 11.8. The van der Waals surface area contributed by atoms with Gasteiger partial charge in [0.1, 0.15) is 0 Å². The zero-order valence-electron chi connectivity index (χ0n) is 14.5. The molecule has 2 heterocycles. The Labute approximate surface area is 158 Å². The molecule has 27 heavy (non-hydrogen) atoms. The van der Waals surface area contributed by atoms with E-state index in [2.05, 4.69) is 25.5 Å². The minimum absolute atomic E-state index is 0.0775. The van der Waals surface area contributed by atoms with Gasteiger partial charge >= 0.3 is 0 Å². The lowest BCUT2D eigenvalue weighted by atomic mass is 10.2. The number of rotatable bonds is 6. The second-order valence-corrected chi connectivity index (χ2v) is 7.02. The van der Waals surface area contributed by atoms with Gasteiger partial charge in [-0.3, -0.25) is 25.0 Å². The van der Waals surface area contributed by atoms with Crippen molar-refractivity contribution in [2.45, 2.75) is 24.3 Å². The third-order valence-electron chi connectivity index (χ3n) is 3.74. The van der Waals surface area contributed by atoms with E-state index in [-0.39, 0.29) is 11.6 Å².